The molecule has 0 aliphatic heterocycles. The number of thiophene rings is 1. The molecule has 0 fully saturated rings. The highest BCUT2D eigenvalue weighted by molar-refractivity contribution is 7.99. The molecular weight excluding hydrogens is 268 g/mol. The highest BCUT2D eigenvalue weighted by atomic mass is 32.2. The van der Waals surface area contributed by atoms with E-state index in [0.29, 0.717) is 18.1 Å². The van der Waals surface area contributed by atoms with Crippen LogP contribution in [-0.4, -0.2) is 38.8 Å². The van der Waals surface area contributed by atoms with Crippen LogP contribution in [0.15, 0.2) is 23.8 Å². The van der Waals surface area contributed by atoms with Crippen molar-refractivity contribution in [2.24, 2.45) is 0 Å². The van der Waals surface area contributed by atoms with Crippen LogP contribution in [0, 0.1) is 0 Å². The monoisotopic (exact) mass is 282 g/mol. The van der Waals surface area contributed by atoms with Gasteiger partial charge in [-0.2, -0.15) is 5.10 Å². The lowest BCUT2D eigenvalue weighted by molar-refractivity contribution is -0.127. The van der Waals surface area contributed by atoms with Gasteiger partial charge < -0.3 is 4.90 Å². The van der Waals surface area contributed by atoms with Crippen molar-refractivity contribution in [3.8, 4) is 0 Å². The van der Waals surface area contributed by atoms with Gasteiger partial charge in [0, 0.05) is 17.7 Å². The Hall–Kier alpha value is -1.34. The fraction of sp³-hybridized carbons (Fsp3) is 0.364. The minimum atomic E-state index is 0.105. The SMILES string of the molecule is CN(Cc1ncn[nH]1)C(=O)CSCc1cccs1. The highest BCUT2D eigenvalue weighted by Crippen LogP contribution is 2.17. The molecule has 0 saturated heterocycles. The summed E-state index contributed by atoms with van der Waals surface area (Å²) < 4.78 is 0. The minimum Gasteiger partial charge on any atom is -0.338 e. The van der Waals surface area contributed by atoms with E-state index in [0.717, 1.165) is 5.75 Å². The molecule has 0 spiro atoms. The smallest absolute Gasteiger partial charge is 0.232 e. The van der Waals surface area contributed by atoms with Crippen LogP contribution in [0.5, 0.6) is 0 Å². The molecule has 2 aromatic rings. The Morgan fingerprint density at radius 2 is 2.50 bits per heavy atom. The molecule has 0 unspecified atom stereocenters. The molecule has 96 valence electrons. The Morgan fingerprint density at radius 3 is 3.17 bits per heavy atom. The van der Waals surface area contributed by atoms with E-state index in [1.165, 1.54) is 11.2 Å². The summed E-state index contributed by atoms with van der Waals surface area (Å²) in [7, 11) is 1.77. The van der Waals surface area contributed by atoms with Crippen LogP contribution in [0.25, 0.3) is 0 Å². The van der Waals surface area contributed by atoms with Gasteiger partial charge in [-0.1, -0.05) is 6.07 Å². The van der Waals surface area contributed by atoms with E-state index in [1.54, 1.807) is 35.0 Å². The second-order valence-electron chi connectivity index (χ2n) is 3.75. The van der Waals surface area contributed by atoms with Gasteiger partial charge in [0.05, 0.1) is 12.3 Å². The third kappa shape index (κ3) is 3.85. The Bertz CT molecular complexity index is 469. The summed E-state index contributed by atoms with van der Waals surface area (Å²) in [5.74, 6) is 2.18. The van der Waals surface area contributed by atoms with Crippen molar-refractivity contribution < 1.29 is 4.79 Å². The van der Waals surface area contributed by atoms with Crippen molar-refractivity contribution in [3.63, 3.8) is 0 Å². The molecule has 5 nitrogen and oxygen atoms in total. The maximum atomic E-state index is 11.8. The third-order valence-electron chi connectivity index (χ3n) is 2.33. The van der Waals surface area contributed by atoms with Crippen molar-refractivity contribution in [2.45, 2.75) is 12.3 Å². The molecule has 2 rings (SSSR count). The lowest BCUT2D eigenvalue weighted by atomic mass is 10.5. The maximum absolute atomic E-state index is 11.8. The molecule has 2 aromatic heterocycles. The van der Waals surface area contributed by atoms with Gasteiger partial charge in [-0.05, 0) is 11.4 Å². The minimum absolute atomic E-state index is 0.105. The van der Waals surface area contributed by atoms with E-state index < -0.39 is 0 Å². The average Bonchev–Trinajstić information content (AvgIpc) is 3.01. The number of thioether (sulfide) groups is 1. The van der Waals surface area contributed by atoms with Crippen LogP contribution in [0.4, 0.5) is 0 Å². The lowest BCUT2D eigenvalue weighted by Crippen LogP contribution is -2.28. The zero-order valence-corrected chi connectivity index (χ0v) is 11.6. The summed E-state index contributed by atoms with van der Waals surface area (Å²) in [6, 6.07) is 4.11. The number of H-pyrrole nitrogens is 1. The number of hydrogen-bond acceptors (Lipinski definition) is 5. The van der Waals surface area contributed by atoms with Crippen LogP contribution >= 0.6 is 23.1 Å². The van der Waals surface area contributed by atoms with Crippen LogP contribution in [0.3, 0.4) is 0 Å². The predicted molar refractivity (Wildman–Crippen MR) is 73.3 cm³/mol. The van der Waals surface area contributed by atoms with E-state index >= 15 is 0 Å². The van der Waals surface area contributed by atoms with Crippen LogP contribution in [-0.2, 0) is 17.1 Å². The first kappa shape index (κ1) is 13.1. The number of carbonyl (C=O) groups is 1. The second-order valence-corrected chi connectivity index (χ2v) is 5.77. The lowest BCUT2D eigenvalue weighted by Gasteiger charge is -2.14. The molecule has 18 heavy (non-hydrogen) atoms. The summed E-state index contributed by atoms with van der Waals surface area (Å²) in [5.41, 5.74) is 0. The van der Waals surface area contributed by atoms with E-state index in [1.807, 2.05) is 11.4 Å². The number of aromatic nitrogens is 3. The number of rotatable bonds is 6. The van der Waals surface area contributed by atoms with Crippen molar-refractivity contribution in [3.05, 3.63) is 34.5 Å². The molecule has 7 heteroatoms. The molecule has 2 heterocycles. The van der Waals surface area contributed by atoms with Gasteiger partial charge in [0.25, 0.3) is 0 Å². The Kier molecular flexibility index (Phi) is 4.77. The molecule has 0 atom stereocenters. The summed E-state index contributed by atoms with van der Waals surface area (Å²) >= 11 is 3.35. The van der Waals surface area contributed by atoms with Crippen molar-refractivity contribution in [1.82, 2.24) is 20.1 Å². The van der Waals surface area contributed by atoms with E-state index in [9.17, 15) is 4.79 Å². The predicted octanol–water partition coefficient (Wildman–Crippen LogP) is 1.76. The molecular formula is C11H14N4OS2. The van der Waals surface area contributed by atoms with Gasteiger partial charge in [0.2, 0.25) is 5.91 Å². The summed E-state index contributed by atoms with van der Waals surface area (Å²) in [6.07, 6.45) is 1.44. The topological polar surface area (TPSA) is 61.9 Å². The number of hydrogen-bond donors (Lipinski definition) is 1. The summed E-state index contributed by atoms with van der Waals surface area (Å²) in [6.45, 7) is 0.471. The number of aromatic amines is 1. The van der Waals surface area contributed by atoms with Crippen molar-refractivity contribution in [1.29, 1.82) is 0 Å². The van der Waals surface area contributed by atoms with Gasteiger partial charge in [-0.3, -0.25) is 9.89 Å². The van der Waals surface area contributed by atoms with Gasteiger partial charge in [-0.15, -0.1) is 23.1 Å². The molecule has 0 saturated carbocycles. The fourth-order valence-corrected chi connectivity index (χ4v) is 3.17. The van der Waals surface area contributed by atoms with E-state index in [-0.39, 0.29) is 5.91 Å². The largest absolute Gasteiger partial charge is 0.338 e. The Balaban J connectivity index is 1.70. The zero-order chi connectivity index (χ0) is 12.8. The number of nitrogens with one attached hydrogen (secondary N) is 1. The highest BCUT2D eigenvalue weighted by Gasteiger charge is 2.10. The normalized spacial score (nSPS) is 10.5. The van der Waals surface area contributed by atoms with Crippen molar-refractivity contribution >= 4 is 29.0 Å². The first-order valence-electron chi connectivity index (χ1n) is 5.44. The third-order valence-corrected chi connectivity index (χ3v) is 4.35. The number of amides is 1. The summed E-state index contributed by atoms with van der Waals surface area (Å²) in [5, 5.41) is 8.54. The van der Waals surface area contributed by atoms with Gasteiger partial charge >= 0.3 is 0 Å². The van der Waals surface area contributed by atoms with Gasteiger partial charge in [-0.25, -0.2) is 4.98 Å². The van der Waals surface area contributed by atoms with E-state index in [4.69, 9.17) is 0 Å². The number of nitrogens with zero attached hydrogens (tertiary/aromatic N) is 3. The molecule has 0 aliphatic carbocycles. The molecule has 0 radical (unpaired) electrons. The summed E-state index contributed by atoms with van der Waals surface area (Å²) in [4.78, 5) is 18.8. The molecule has 1 amide bonds. The Morgan fingerprint density at radius 1 is 1.61 bits per heavy atom. The second kappa shape index (κ2) is 6.55. The number of carbonyl (C=O) groups excluding carboxylic acids is 1. The quantitative estimate of drug-likeness (QED) is 0.877. The first-order chi connectivity index (χ1) is 8.75. The first-order valence-corrected chi connectivity index (χ1v) is 7.47. The molecule has 0 aliphatic rings. The van der Waals surface area contributed by atoms with E-state index in [2.05, 4.69) is 21.2 Å². The van der Waals surface area contributed by atoms with Crippen LogP contribution in [0.1, 0.15) is 10.7 Å². The van der Waals surface area contributed by atoms with Crippen LogP contribution in [0.2, 0.25) is 0 Å². The maximum Gasteiger partial charge on any atom is 0.232 e. The van der Waals surface area contributed by atoms with Gasteiger partial charge in [0.15, 0.2) is 0 Å². The van der Waals surface area contributed by atoms with Crippen molar-refractivity contribution in [2.75, 3.05) is 12.8 Å². The molecule has 0 aromatic carbocycles. The van der Waals surface area contributed by atoms with Gasteiger partial charge in [0.1, 0.15) is 12.2 Å². The average molecular weight is 282 g/mol. The fourth-order valence-electron chi connectivity index (χ4n) is 1.36. The standard InChI is InChI=1S/C11H14N4OS2/c1-15(5-10-12-8-13-14-10)11(16)7-17-6-9-3-2-4-18-9/h2-4,8H,5-7H2,1H3,(H,12,13,14). The Labute approximate surface area is 114 Å². The zero-order valence-electron chi connectivity index (χ0n) is 10.00. The molecule has 1 N–H and O–H groups in total. The van der Waals surface area contributed by atoms with Crippen LogP contribution < -0.4 is 0 Å². The molecule has 0 bridgehead atoms.